The highest BCUT2D eigenvalue weighted by Crippen LogP contribution is 2.38. The molecule has 244 valence electrons. The van der Waals surface area contributed by atoms with Crippen LogP contribution < -0.4 is 29.1 Å². The van der Waals surface area contributed by atoms with Crippen LogP contribution in [0.25, 0.3) is 11.8 Å². The molecule has 48 heavy (non-hydrogen) atoms. The van der Waals surface area contributed by atoms with Crippen LogP contribution in [0, 0.1) is 0 Å². The lowest BCUT2D eigenvalue weighted by molar-refractivity contribution is -0.138. The molecule has 2 heterocycles. The first-order valence-corrected chi connectivity index (χ1v) is 16.6. The predicted molar refractivity (Wildman–Crippen MR) is 188 cm³/mol. The number of nitrogens with zero attached hydrogens (tertiary/aromatic N) is 2. The summed E-state index contributed by atoms with van der Waals surface area (Å²) in [4.78, 5) is 33.4. The fourth-order valence-electron chi connectivity index (χ4n) is 5.42. The van der Waals surface area contributed by atoms with E-state index >= 15 is 0 Å². The Kier molecular flexibility index (Phi) is 10.0. The summed E-state index contributed by atoms with van der Waals surface area (Å²) >= 11 is 13.6. The van der Waals surface area contributed by atoms with Crippen LogP contribution in [-0.2, 0) is 16.1 Å². The molecule has 0 amide bonds. The van der Waals surface area contributed by atoms with Crippen molar-refractivity contribution in [3.63, 3.8) is 0 Å². The molecule has 1 aliphatic rings. The average molecular weight is 702 g/mol. The normalized spacial score (nSPS) is 14.3. The van der Waals surface area contributed by atoms with E-state index in [1.54, 1.807) is 48.9 Å². The Morgan fingerprint density at radius 3 is 2.46 bits per heavy atom. The molecule has 0 bridgehead atoms. The van der Waals surface area contributed by atoms with Gasteiger partial charge in [-0.05, 0) is 60.5 Å². The second-order valence-electron chi connectivity index (χ2n) is 10.6. The number of aromatic nitrogens is 1. The quantitative estimate of drug-likeness (QED) is 0.148. The summed E-state index contributed by atoms with van der Waals surface area (Å²) < 4.78 is 24.6. The Balaban J connectivity index is 1.49. The maximum atomic E-state index is 14.3. The van der Waals surface area contributed by atoms with Gasteiger partial charge < -0.3 is 18.9 Å². The zero-order valence-electron chi connectivity index (χ0n) is 26.2. The van der Waals surface area contributed by atoms with Gasteiger partial charge in [0.2, 0.25) is 0 Å². The van der Waals surface area contributed by atoms with E-state index in [-0.39, 0.29) is 24.3 Å². The van der Waals surface area contributed by atoms with Crippen LogP contribution in [0.2, 0.25) is 10.0 Å². The topological polar surface area (TPSA) is 88.4 Å². The Morgan fingerprint density at radius 2 is 1.73 bits per heavy atom. The number of thiazole rings is 1. The van der Waals surface area contributed by atoms with Gasteiger partial charge in [0.1, 0.15) is 12.4 Å². The Labute approximate surface area is 290 Å². The molecule has 1 aliphatic heterocycles. The van der Waals surface area contributed by atoms with Gasteiger partial charge in [-0.1, -0.05) is 89.1 Å². The van der Waals surface area contributed by atoms with E-state index in [9.17, 15) is 9.59 Å². The van der Waals surface area contributed by atoms with Gasteiger partial charge in [0.25, 0.3) is 5.56 Å². The van der Waals surface area contributed by atoms with E-state index < -0.39 is 12.0 Å². The van der Waals surface area contributed by atoms with Crippen molar-refractivity contribution in [2.24, 2.45) is 4.99 Å². The number of carbonyl (C=O) groups is 1. The zero-order valence-corrected chi connectivity index (χ0v) is 28.6. The number of rotatable bonds is 10. The van der Waals surface area contributed by atoms with Crippen molar-refractivity contribution in [3.05, 3.63) is 149 Å². The molecule has 0 aliphatic carbocycles. The summed E-state index contributed by atoms with van der Waals surface area (Å²) in [7, 11) is 3.08. The van der Waals surface area contributed by atoms with Crippen LogP contribution in [0.3, 0.4) is 0 Å². The summed E-state index contributed by atoms with van der Waals surface area (Å²) in [5, 5.41) is 1.06. The molecule has 6 rings (SSSR count). The minimum atomic E-state index is -0.865. The van der Waals surface area contributed by atoms with Crippen LogP contribution in [0.1, 0.15) is 35.2 Å². The average Bonchev–Trinajstić information content (AvgIpc) is 3.41. The second kappa shape index (κ2) is 14.5. The number of hydrogen-bond donors (Lipinski definition) is 0. The minimum Gasteiger partial charge on any atom is -0.493 e. The van der Waals surface area contributed by atoms with Gasteiger partial charge in [-0.3, -0.25) is 9.36 Å². The SMILES string of the molecule is CCOC(=O)C1=C(c2ccccc2)N=c2s/c(=C\c3cccc(OCc4ccc(Cl)cc4Cl)c3)c(=O)n2[C@@H]1c1ccc(OC)c(OC)c1. The molecule has 0 saturated heterocycles. The third-order valence-electron chi connectivity index (χ3n) is 7.66. The molecule has 0 N–H and O–H groups in total. The van der Waals surface area contributed by atoms with Crippen molar-refractivity contribution < 1.29 is 23.7 Å². The van der Waals surface area contributed by atoms with E-state index in [4.69, 9.17) is 47.1 Å². The molecule has 5 aromatic rings. The van der Waals surface area contributed by atoms with E-state index in [1.807, 2.05) is 66.7 Å². The van der Waals surface area contributed by atoms with Crippen LogP contribution in [-0.4, -0.2) is 31.4 Å². The van der Waals surface area contributed by atoms with Crippen LogP contribution >= 0.6 is 34.5 Å². The monoisotopic (exact) mass is 700 g/mol. The number of esters is 1. The van der Waals surface area contributed by atoms with Gasteiger partial charge in [0.15, 0.2) is 16.3 Å². The molecule has 11 heteroatoms. The highest BCUT2D eigenvalue weighted by atomic mass is 35.5. The van der Waals surface area contributed by atoms with Crippen LogP contribution in [0.5, 0.6) is 17.2 Å². The number of halogens is 2. The van der Waals surface area contributed by atoms with Gasteiger partial charge in [0.05, 0.1) is 42.7 Å². The molecule has 0 saturated carbocycles. The lowest BCUT2D eigenvalue weighted by atomic mass is 9.93. The highest BCUT2D eigenvalue weighted by Gasteiger charge is 2.35. The van der Waals surface area contributed by atoms with Gasteiger partial charge in [0, 0.05) is 21.2 Å². The van der Waals surface area contributed by atoms with Crippen molar-refractivity contribution in [2.75, 3.05) is 20.8 Å². The van der Waals surface area contributed by atoms with E-state index in [2.05, 4.69) is 0 Å². The summed E-state index contributed by atoms with van der Waals surface area (Å²) in [6.45, 7) is 2.13. The van der Waals surface area contributed by atoms with Crippen molar-refractivity contribution in [2.45, 2.75) is 19.6 Å². The number of ether oxygens (including phenoxy) is 4. The van der Waals surface area contributed by atoms with Gasteiger partial charge >= 0.3 is 5.97 Å². The van der Waals surface area contributed by atoms with Gasteiger partial charge in [-0.2, -0.15) is 0 Å². The maximum Gasteiger partial charge on any atom is 0.338 e. The zero-order chi connectivity index (χ0) is 33.8. The molecule has 1 atom stereocenters. The van der Waals surface area contributed by atoms with Crippen molar-refractivity contribution in [1.29, 1.82) is 0 Å². The van der Waals surface area contributed by atoms with Crippen molar-refractivity contribution in [1.82, 2.24) is 4.57 Å². The van der Waals surface area contributed by atoms with Crippen LogP contribution in [0.15, 0.2) is 106 Å². The third kappa shape index (κ3) is 6.75. The summed E-state index contributed by atoms with van der Waals surface area (Å²) in [6, 6.07) is 26.5. The molecule has 8 nitrogen and oxygen atoms in total. The largest absolute Gasteiger partial charge is 0.493 e. The molecule has 0 spiro atoms. The molecule has 0 unspecified atom stereocenters. The lowest BCUT2D eigenvalue weighted by Crippen LogP contribution is -2.40. The lowest BCUT2D eigenvalue weighted by Gasteiger charge is -2.26. The summed E-state index contributed by atoms with van der Waals surface area (Å²) in [5.41, 5.74) is 3.24. The number of benzene rings is 4. The summed E-state index contributed by atoms with van der Waals surface area (Å²) in [6.07, 6.45) is 1.79. The van der Waals surface area contributed by atoms with Crippen molar-refractivity contribution >= 4 is 52.3 Å². The van der Waals surface area contributed by atoms with Crippen molar-refractivity contribution in [3.8, 4) is 17.2 Å². The third-order valence-corrected chi connectivity index (χ3v) is 9.23. The molecule has 4 aromatic carbocycles. The number of fused-ring (bicyclic) bond motifs is 1. The first-order valence-electron chi connectivity index (χ1n) is 15.0. The Morgan fingerprint density at radius 1 is 0.938 bits per heavy atom. The number of hydrogen-bond acceptors (Lipinski definition) is 8. The molecule has 0 fully saturated rings. The first-order chi connectivity index (χ1) is 23.3. The second-order valence-corrected chi connectivity index (χ2v) is 12.5. The van der Waals surface area contributed by atoms with E-state index in [0.29, 0.717) is 53.5 Å². The maximum absolute atomic E-state index is 14.3. The minimum absolute atomic E-state index is 0.149. The first kappa shape index (κ1) is 33.1. The fourth-order valence-corrected chi connectivity index (χ4v) is 6.89. The Bertz CT molecular complexity index is 2210. The highest BCUT2D eigenvalue weighted by molar-refractivity contribution is 7.07. The van der Waals surface area contributed by atoms with Gasteiger partial charge in [-0.15, -0.1) is 0 Å². The van der Waals surface area contributed by atoms with E-state index in [1.165, 1.54) is 18.4 Å². The molecule has 0 radical (unpaired) electrons. The predicted octanol–water partition coefficient (Wildman–Crippen LogP) is 6.84. The molecule has 1 aromatic heterocycles. The standard InChI is InChI=1S/C37H30Cl2N2O6S/c1-4-46-36(43)32-33(23-10-6-5-7-11-23)40-37-41(34(32)24-14-16-29(44-2)30(19-24)45-3)35(42)31(48-37)18-22-9-8-12-27(17-22)47-21-25-13-15-26(38)20-28(25)39/h5-20,34H,4,21H2,1-3H3/b31-18-/t34-/m1/s1. The molecular formula is C37H30Cl2N2O6S. The fraction of sp³-hybridized carbons (Fsp3) is 0.162. The number of carbonyl (C=O) groups excluding carboxylic acids is 1. The smallest absolute Gasteiger partial charge is 0.338 e. The Hall–Kier alpha value is -4.83. The number of methoxy groups -OCH3 is 2. The van der Waals surface area contributed by atoms with E-state index in [0.717, 1.165) is 11.1 Å². The van der Waals surface area contributed by atoms with Gasteiger partial charge in [-0.25, -0.2) is 9.79 Å². The van der Waals surface area contributed by atoms with Crippen LogP contribution in [0.4, 0.5) is 0 Å². The molecular weight excluding hydrogens is 671 g/mol. The summed E-state index contributed by atoms with van der Waals surface area (Å²) in [5.74, 6) is 0.996.